The third-order valence-corrected chi connectivity index (χ3v) is 6.36. The van der Waals surface area contributed by atoms with Crippen molar-refractivity contribution in [3.63, 3.8) is 0 Å². The molecule has 0 bridgehead atoms. The number of nitrogens with zero attached hydrogens (tertiary/aromatic N) is 2. The Hall–Kier alpha value is -1.84. The van der Waals surface area contributed by atoms with Crippen molar-refractivity contribution in [3.8, 4) is 5.75 Å². The Labute approximate surface area is 173 Å². The number of amides is 1. The minimum atomic E-state index is -3.55. The van der Waals surface area contributed by atoms with E-state index in [4.69, 9.17) is 9.47 Å². The molecule has 29 heavy (non-hydrogen) atoms. The molecule has 2 aliphatic rings. The zero-order chi connectivity index (χ0) is 21.2. The summed E-state index contributed by atoms with van der Waals surface area (Å²) in [5.74, 6) is 0.0976. The molecule has 8 nitrogen and oxygen atoms in total. The van der Waals surface area contributed by atoms with E-state index in [1.807, 2.05) is 12.1 Å². The van der Waals surface area contributed by atoms with E-state index in [9.17, 15) is 13.2 Å². The Balaban J connectivity index is 1.71. The average Bonchev–Trinajstić information content (AvgIpc) is 2.66. The quantitative estimate of drug-likeness (QED) is 0.756. The summed E-state index contributed by atoms with van der Waals surface area (Å²) in [7, 11) is -3.55. The maximum Gasteiger partial charge on any atom is 0.263 e. The van der Waals surface area contributed by atoms with Gasteiger partial charge in [-0.3, -0.25) is 14.0 Å². The van der Waals surface area contributed by atoms with Gasteiger partial charge in [-0.15, -0.1) is 0 Å². The molecule has 0 radical (unpaired) electrons. The van der Waals surface area contributed by atoms with Gasteiger partial charge in [-0.25, -0.2) is 8.42 Å². The second kappa shape index (κ2) is 8.49. The number of hydrogen-bond donors (Lipinski definition) is 1. The lowest BCUT2D eigenvalue weighted by atomic mass is 9.86. The number of rotatable bonds is 5. The largest absolute Gasteiger partial charge is 0.476 e. The van der Waals surface area contributed by atoms with E-state index in [2.05, 4.69) is 31.0 Å². The Morgan fingerprint density at radius 3 is 2.55 bits per heavy atom. The summed E-state index contributed by atoms with van der Waals surface area (Å²) in [6, 6.07) is 5.50. The molecule has 9 heteroatoms. The zero-order valence-corrected chi connectivity index (χ0v) is 18.4. The van der Waals surface area contributed by atoms with Crippen LogP contribution in [0.4, 0.5) is 5.69 Å². The van der Waals surface area contributed by atoms with Crippen LogP contribution in [0.2, 0.25) is 0 Å². The number of morpholine rings is 1. The van der Waals surface area contributed by atoms with E-state index in [0.29, 0.717) is 31.2 Å². The third kappa shape index (κ3) is 5.40. The number of fused-ring (bicyclic) bond motifs is 1. The maximum atomic E-state index is 12.6. The van der Waals surface area contributed by atoms with Crippen LogP contribution in [-0.2, 0) is 25.0 Å². The minimum Gasteiger partial charge on any atom is -0.476 e. The van der Waals surface area contributed by atoms with Gasteiger partial charge in [0.1, 0.15) is 5.75 Å². The van der Waals surface area contributed by atoms with Crippen molar-refractivity contribution in [3.05, 3.63) is 23.8 Å². The minimum absolute atomic E-state index is 0.0389. The fourth-order valence-corrected chi connectivity index (χ4v) is 4.35. The van der Waals surface area contributed by atoms with Crippen molar-refractivity contribution in [1.82, 2.24) is 10.2 Å². The number of hydrogen-bond acceptors (Lipinski definition) is 6. The van der Waals surface area contributed by atoms with E-state index in [1.54, 1.807) is 6.07 Å². The number of nitrogens with one attached hydrogen (secondary N) is 1. The van der Waals surface area contributed by atoms with Gasteiger partial charge in [0.15, 0.2) is 6.10 Å². The third-order valence-electron chi connectivity index (χ3n) is 5.22. The SMILES string of the molecule is CC(C)(C)c1ccc2c(c1)N(S(C)(=O)=O)C[C@H](C(=O)NCCN1CCOCC1)O2. The molecule has 162 valence electrons. The number of anilines is 1. The summed E-state index contributed by atoms with van der Waals surface area (Å²) in [6.45, 7) is 10.5. The summed E-state index contributed by atoms with van der Waals surface area (Å²) in [5, 5.41) is 2.87. The van der Waals surface area contributed by atoms with Gasteiger partial charge >= 0.3 is 0 Å². The van der Waals surface area contributed by atoms with Crippen LogP contribution in [0.3, 0.4) is 0 Å². The van der Waals surface area contributed by atoms with E-state index >= 15 is 0 Å². The molecule has 1 aromatic rings. The highest BCUT2D eigenvalue weighted by Crippen LogP contribution is 2.38. The monoisotopic (exact) mass is 425 g/mol. The number of carbonyl (C=O) groups excluding carboxylic acids is 1. The molecule has 3 rings (SSSR count). The van der Waals surface area contributed by atoms with Crippen LogP contribution in [0.25, 0.3) is 0 Å². The average molecular weight is 426 g/mol. The molecule has 0 unspecified atom stereocenters. The highest BCUT2D eigenvalue weighted by atomic mass is 32.2. The summed E-state index contributed by atoms with van der Waals surface area (Å²) in [5.41, 5.74) is 1.35. The molecule has 1 aromatic carbocycles. The smallest absolute Gasteiger partial charge is 0.263 e. The Morgan fingerprint density at radius 1 is 1.24 bits per heavy atom. The van der Waals surface area contributed by atoms with Crippen LogP contribution in [0.15, 0.2) is 18.2 Å². The Bertz CT molecular complexity index is 844. The zero-order valence-electron chi connectivity index (χ0n) is 17.6. The predicted octanol–water partition coefficient (Wildman–Crippen LogP) is 0.960. The molecule has 1 atom stereocenters. The van der Waals surface area contributed by atoms with E-state index < -0.39 is 16.1 Å². The molecule has 2 aliphatic heterocycles. The number of sulfonamides is 1. The lowest BCUT2D eigenvalue weighted by Crippen LogP contribution is -2.51. The topological polar surface area (TPSA) is 88.2 Å². The van der Waals surface area contributed by atoms with Crippen LogP contribution in [-0.4, -0.2) is 77.5 Å². The molecule has 0 saturated carbocycles. The van der Waals surface area contributed by atoms with E-state index in [1.165, 1.54) is 4.31 Å². The molecule has 1 fully saturated rings. The van der Waals surface area contributed by atoms with Crippen LogP contribution >= 0.6 is 0 Å². The fraction of sp³-hybridized carbons (Fsp3) is 0.650. The van der Waals surface area contributed by atoms with Gasteiger partial charge in [0.25, 0.3) is 5.91 Å². The van der Waals surface area contributed by atoms with E-state index in [0.717, 1.165) is 31.5 Å². The fourth-order valence-electron chi connectivity index (χ4n) is 3.44. The van der Waals surface area contributed by atoms with Crippen molar-refractivity contribution in [1.29, 1.82) is 0 Å². The molecule has 1 N–H and O–H groups in total. The Kier molecular flexibility index (Phi) is 6.40. The number of ether oxygens (including phenoxy) is 2. The van der Waals surface area contributed by atoms with Crippen molar-refractivity contribution in [2.75, 3.05) is 56.5 Å². The molecule has 1 amide bonds. The molecular formula is C20H31N3O5S. The summed E-state index contributed by atoms with van der Waals surface area (Å²) in [6.07, 6.45) is 0.265. The van der Waals surface area contributed by atoms with Crippen molar-refractivity contribution in [2.45, 2.75) is 32.3 Å². The first-order valence-electron chi connectivity index (χ1n) is 9.92. The molecule has 1 saturated heterocycles. The number of carbonyl (C=O) groups is 1. The molecule has 2 heterocycles. The number of benzene rings is 1. The lowest BCUT2D eigenvalue weighted by molar-refractivity contribution is -0.127. The van der Waals surface area contributed by atoms with Gasteiger partial charge in [-0.2, -0.15) is 0 Å². The summed E-state index contributed by atoms with van der Waals surface area (Å²) >= 11 is 0. The maximum absolute atomic E-state index is 12.6. The second-order valence-electron chi connectivity index (χ2n) is 8.58. The van der Waals surface area contributed by atoms with Gasteiger partial charge in [0.2, 0.25) is 10.0 Å². The van der Waals surface area contributed by atoms with Gasteiger partial charge < -0.3 is 14.8 Å². The van der Waals surface area contributed by atoms with E-state index in [-0.39, 0.29) is 17.9 Å². The van der Waals surface area contributed by atoms with Crippen LogP contribution in [0, 0.1) is 0 Å². The first-order valence-corrected chi connectivity index (χ1v) is 11.8. The van der Waals surface area contributed by atoms with Gasteiger partial charge in [-0.1, -0.05) is 26.8 Å². The molecular weight excluding hydrogens is 394 g/mol. The summed E-state index contributed by atoms with van der Waals surface area (Å²) < 4.78 is 37.3. The van der Waals surface area contributed by atoms with Crippen molar-refractivity contribution >= 4 is 21.6 Å². The first-order chi connectivity index (χ1) is 13.6. The van der Waals surface area contributed by atoms with Crippen molar-refractivity contribution in [2.24, 2.45) is 0 Å². The Morgan fingerprint density at radius 2 is 1.93 bits per heavy atom. The van der Waals surface area contributed by atoms with Gasteiger partial charge in [0, 0.05) is 26.2 Å². The standard InChI is InChI=1S/C20H31N3O5S/c1-20(2,3)15-5-6-17-16(13-15)23(29(4,25)26)14-18(28-17)19(24)21-7-8-22-9-11-27-12-10-22/h5-6,13,18H,7-12,14H2,1-4H3,(H,21,24)/t18-/m1/s1. The molecule has 0 aliphatic carbocycles. The summed E-state index contributed by atoms with van der Waals surface area (Å²) in [4.78, 5) is 14.9. The van der Waals surface area contributed by atoms with Crippen molar-refractivity contribution < 1.29 is 22.7 Å². The first kappa shape index (κ1) is 21.9. The van der Waals surface area contributed by atoms with Crippen LogP contribution in [0.1, 0.15) is 26.3 Å². The highest BCUT2D eigenvalue weighted by molar-refractivity contribution is 7.92. The lowest BCUT2D eigenvalue weighted by Gasteiger charge is -2.35. The van der Waals surface area contributed by atoms with Crippen LogP contribution in [0.5, 0.6) is 5.75 Å². The van der Waals surface area contributed by atoms with Crippen LogP contribution < -0.4 is 14.4 Å². The second-order valence-corrected chi connectivity index (χ2v) is 10.5. The van der Waals surface area contributed by atoms with Gasteiger partial charge in [-0.05, 0) is 23.1 Å². The predicted molar refractivity (Wildman–Crippen MR) is 112 cm³/mol. The molecule has 0 spiro atoms. The molecule has 0 aromatic heterocycles. The highest BCUT2D eigenvalue weighted by Gasteiger charge is 2.35. The normalized spacial score (nSPS) is 20.7. The van der Waals surface area contributed by atoms with Gasteiger partial charge in [0.05, 0.1) is 31.7 Å².